The number of aromatic amines is 1. The van der Waals surface area contributed by atoms with Gasteiger partial charge in [0.25, 0.3) is 5.91 Å². The van der Waals surface area contributed by atoms with Crippen molar-refractivity contribution in [2.45, 2.75) is 44.7 Å². The summed E-state index contributed by atoms with van der Waals surface area (Å²) >= 11 is 0. The van der Waals surface area contributed by atoms with Gasteiger partial charge in [-0.15, -0.1) is 12.4 Å². The second-order valence-electron chi connectivity index (χ2n) is 5.22. The first-order valence-corrected chi connectivity index (χ1v) is 6.87. The average Bonchev–Trinajstić information content (AvgIpc) is 2.92. The van der Waals surface area contributed by atoms with Gasteiger partial charge in [-0.3, -0.25) is 9.89 Å². The van der Waals surface area contributed by atoms with Crippen molar-refractivity contribution in [2.75, 3.05) is 13.1 Å². The molecule has 2 aliphatic rings. The molecule has 2 aliphatic heterocycles. The minimum absolute atomic E-state index is 0. The lowest BCUT2D eigenvalue weighted by molar-refractivity contribution is 0.0674. The number of carbonyl (C=O) groups excluding carboxylic acids is 1. The van der Waals surface area contributed by atoms with Crippen molar-refractivity contribution >= 4 is 18.3 Å². The molecule has 19 heavy (non-hydrogen) atoms. The maximum atomic E-state index is 12.6. The van der Waals surface area contributed by atoms with Crippen LogP contribution >= 0.6 is 12.4 Å². The lowest BCUT2D eigenvalue weighted by Crippen LogP contribution is -2.42. The van der Waals surface area contributed by atoms with Gasteiger partial charge in [-0.2, -0.15) is 5.10 Å². The summed E-state index contributed by atoms with van der Waals surface area (Å²) in [4.78, 5) is 14.6. The number of hydrogen-bond acceptors (Lipinski definition) is 3. The molecular weight excluding hydrogens is 264 g/mol. The molecule has 0 spiro atoms. The van der Waals surface area contributed by atoms with Gasteiger partial charge < -0.3 is 10.2 Å². The summed E-state index contributed by atoms with van der Waals surface area (Å²) in [7, 11) is 0. The molecule has 1 aromatic rings. The number of nitrogens with one attached hydrogen (secondary N) is 2. The molecule has 0 aromatic carbocycles. The van der Waals surface area contributed by atoms with Gasteiger partial charge in [0.15, 0.2) is 0 Å². The Morgan fingerprint density at radius 2 is 2.21 bits per heavy atom. The van der Waals surface area contributed by atoms with Gasteiger partial charge >= 0.3 is 0 Å². The van der Waals surface area contributed by atoms with E-state index in [4.69, 9.17) is 0 Å². The molecule has 0 aliphatic carbocycles. The zero-order valence-corrected chi connectivity index (χ0v) is 12.0. The standard InChI is InChI=1S/C13H20N4O.ClH/c1-2-9-7-12(16-15-9)13(18)17-10-3-4-11(17)8-14-6-5-10;/h7,10-11,14H,2-6,8H2,1H3,(H,15,16);1H. The molecule has 0 radical (unpaired) electrons. The highest BCUT2D eigenvalue weighted by Gasteiger charge is 2.38. The van der Waals surface area contributed by atoms with Gasteiger partial charge in [-0.05, 0) is 38.3 Å². The largest absolute Gasteiger partial charge is 0.330 e. The number of H-pyrrole nitrogens is 1. The van der Waals surface area contributed by atoms with Gasteiger partial charge in [0.1, 0.15) is 5.69 Å². The van der Waals surface area contributed by atoms with Crippen molar-refractivity contribution < 1.29 is 4.79 Å². The first kappa shape index (κ1) is 14.3. The summed E-state index contributed by atoms with van der Waals surface area (Å²) in [6.45, 7) is 4.00. The molecule has 6 heteroatoms. The van der Waals surface area contributed by atoms with Crippen LogP contribution in [0.1, 0.15) is 42.4 Å². The summed E-state index contributed by atoms with van der Waals surface area (Å²) in [5, 5.41) is 10.5. The first-order chi connectivity index (χ1) is 8.79. The molecule has 1 amide bonds. The van der Waals surface area contributed by atoms with Gasteiger partial charge in [0.2, 0.25) is 0 Å². The molecule has 5 nitrogen and oxygen atoms in total. The van der Waals surface area contributed by atoms with Gasteiger partial charge in [0, 0.05) is 24.3 Å². The lowest BCUT2D eigenvalue weighted by atomic mass is 10.1. The van der Waals surface area contributed by atoms with E-state index >= 15 is 0 Å². The molecule has 2 saturated heterocycles. The Kier molecular flexibility index (Phi) is 4.47. The normalized spacial score (nSPS) is 25.8. The van der Waals surface area contributed by atoms with Gasteiger partial charge in [-0.25, -0.2) is 0 Å². The van der Waals surface area contributed by atoms with Gasteiger partial charge in [0.05, 0.1) is 0 Å². The SMILES string of the molecule is CCc1cc(C(=O)N2C3CCNCC2CC3)n[nH]1.Cl. The summed E-state index contributed by atoms with van der Waals surface area (Å²) in [6, 6.07) is 2.64. The van der Waals surface area contributed by atoms with E-state index in [1.165, 1.54) is 0 Å². The zero-order valence-electron chi connectivity index (χ0n) is 11.2. The maximum Gasteiger partial charge on any atom is 0.274 e. The Labute approximate surface area is 119 Å². The third-order valence-electron chi connectivity index (χ3n) is 4.12. The predicted molar refractivity (Wildman–Crippen MR) is 75.7 cm³/mol. The fraction of sp³-hybridized carbons (Fsp3) is 0.692. The van der Waals surface area contributed by atoms with Crippen LogP contribution < -0.4 is 5.32 Å². The van der Waals surface area contributed by atoms with Crippen molar-refractivity contribution in [3.05, 3.63) is 17.5 Å². The highest BCUT2D eigenvalue weighted by atomic mass is 35.5. The van der Waals surface area contributed by atoms with E-state index < -0.39 is 0 Å². The van der Waals surface area contributed by atoms with Crippen molar-refractivity contribution in [1.82, 2.24) is 20.4 Å². The lowest BCUT2D eigenvalue weighted by Gasteiger charge is -2.26. The number of hydrogen-bond donors (Lipinski definition) is 2. The van der Waals surface area contributed by atoms with E-state index in [0.717, 1.165) is 44.5 Å². The fourth-order valence-corrected chi connectivity index (χ4v) is 3.10. The van der Waals surface area contributed by atoms with Crippen LogP contribution in [0.25, 0.3) is 0 Å². The molecule has 2 fully saturated rings. The number of aryl methyl sites for hydroxylation is 1. The number of rotatable bonds is 2. The number of amides is 1. The topological polar surface area (TPSA) is 61.0 Å². The Morgan fingerprint density at radius 3 is 2.95 bits per heavy atom. The highest BCUT2D eigenvalue weighted by Crippen LogP contribution is 2.29. The molecular formula is C13H21ClN4O. The third kappa shape index (κ3) is 2.62. The van der Waals surface area contributed by atoms with Crippen LogP contribution in [0.2, 0.25) is 0 Å². The van der Waals surface area contributed by atoms with Crippen LogP contribution in [0.5, 0.6) is 0 Å². The summed E-state index contributed by atoms with van der Waals surface area (Å²) < 4.78 is 0. The molecule has 2 atom stereocenters. The summed E-state index contributed by atoms with van der Waals surface area (Å²) in [5.41, 5.74) is 1.60. The van der Waals surface area contributed by atoms with E-state index in [9.17, 15) is 4.79 Å². The monoisotopic (exact) mass is 284 g/mol. The van der Waals surface area contributed by atoms with E-state index in [1.807, 2.05) is 6.07 Å². The Bertz CT molecular complexity index is 434. The van der Waals surface area contributed by atoms with Crippen LogP contribution in [0.15, 0.2) is 6.07 Å². The van der Waals surface area contributed by atoms with E-state index in [1.54, 1.807) is 0 Å². The predicted octanol–water partition coefficient (Wildman–Crippen LogP) is 1.36. The van der Waals surface area contributed by atoms with Crippen molar-refractivity contribution in [3.63, 3.8) is 0 Å². The van der Waals surface area contributed by atoms with E-state index in [2.05, 4.69) is 27.3 Å². The molecule has 3 rings (SSSR count). The van der Waals surface area contributed by atoms with Gasteiger partial charge in [-0.1, -0.05) is 6.92 Å². The number of aromatic nitrogens is 2. The average molecular weight is 285 g/mol. The van der Waals surface area contributed by atoms with Crippen molar-refractivity contribution in [3.8, 4) is 0 Å². The van der Waals surface area contributed by atoms with Crippen molar-refractivity contribution in [1.29, 1.82) is 0 Å². The molecule has 2 N–H and O–H groups in total. The Morgan fingerprint density at radius 1 is 1.42 bits per heavy atom. The summed E-state index contributed by atoms with van der Waals surface area (Å²) in [5.74, 6) is 0.0992. The maximum absolute atomic E-state index is 12.6. The minimum Gasteiger partial charge on any atom is -0.330 e. The number of carbonyl (C=O) groups is 1. The fourth-order valence-electron chi connectivity index (χ4n) is 3.10. The number of halogens is 1. The van der Waals surface area contributed by atoms with E-state index in [-0.39, 0.29) is 18.3 Å². The second kappa shape index (κ2) is 5.92. The van der Waals surface area contributed by atoms with Crippen LogP contribution in [-0.2, 0) is 6.42 Å². The summed E-state index contributed by atoms with van der Waals surface area (Å²) in [6.07, 6.45) is 4.21. The Balaban J connectivity index is 0.00000133. The minimum atomic E-state index is 0. The molecule has 1 aromatic heterocycles. The van der Waals surface area contributed by atoms with Crippen LogP contribution in [0, 0.1) is 0 Å². The smallest absolute Gasteiger partial charge is 0.274 e. The molecule has 106 valence electrons. The van der Waals surface area contributed by atoms with E-state index in [0.29, 0.717) is 17.8 Å². The molecule has 2 bridgehead atoms. The quantitative estimate of drug-likeness (QED) is 0.862. The van der Waals surface area contributed by atoms with Crippen molar-refractivity contribution in [2.24, 2.45) is 0 Å². The van der Waals surface area contributed by atoms with Crippen LogP contribution in [0.4, 0.5) is 0 Å². The van der Waals surface area contributed by atoms with Crippen LogP contribution in [-0.4, -0.2) is 46.2 Å². The molecule has 3 heterocycles. The zero-order chi connectivity index (χ0) is 12.5. The van der Waals surface area contributed by atoms with Crippen LogP contribution in [0.3, 0.4) is 0 Å². The highest BCUT2D eigenvalue weighted by molar-refractivity contribution is 5.93. The number of nitrogens with zero attached hydrogens (tertiary/aromatic N) is 2. The first-order valence-electron chi connectivity index (χ1n) is 6.87. The molecule has 2 unspecified atom stereocenters. The molecule has 0 saturated carbocycles. The third-order valence-corrected chi connectivity index (χ3v) is 4.12. The second-order valence-corrected chi connectivity index (χ2v) is 5.22. The number of fused-ring (bicyclic) bond motifs is 2. The Hall–Kier alpha value is -1.07.